The largest absolute Gasteiger partial charge is 0.465 e. The van der Waals surface area contributed by atoms with Gasteiger partial charge in [0.2, 0.25) is 0 Å². The molecule has 0 aromatic heterocycles. The van der Waals surface area contributed by atoms with Crippen LogP contribution < -0.4 is 15.4 Å². The quantitative estimate of drug-likeness (QED) is 0.268. The minimum Gasteiger partial charge on any atom is -0.465 e. The fourth-order valence-electron chi connectivity index (χ4n) is 4.22. The summed E-state index contributed by atoms with van der Waals surface area (Å²) in [5.41, 5.74) is 12.9. The summed E-state index contributed by atoms with van der Waals surface area (Å²) in [6, 6.07) is 20.2. The molecule has 3 aromatic carbocycles. The fraction of sp³-hybridized carbons (Fsp3) is 0.345. The number of carbonyl (C=O) groups excluding carboxylic acids is 1. The molecular formula is C29H34N2O4. The highest BCUT2D eigenvalue weighted by atomic mass is 16.7. The van der Waals surface area contributed by atoms with Crippen LogP contribution in [0.15, 0.2) is 60.7 Å². The van der Waals surface area contributed by atoms with E-state index in [0.717, 1.165) is 34.4 Å². The van der Waals surface area contributed by atoms with Crippen molar-refractivity contribution < 1.29 is 19.0 Å². The van der Waals surface area contributed by atoms with E-state index in [1.165, 1.54) is 5.56 Å². The van der Waals surface area contributed by atoms with Crippen LogP contribution in [-0.4, -0.2) is 39.6 Å². The molecule has 2 N–H and O–H groups in total. The van der Waals surface area contributed by atoms with Crippen molar-refractivity contribution in [2.75, 3.05) is 44.3 Å². The van der Waals surface area contributed by atoms with Crippen molar-refractivity contribution in [3.05, 3.63) is 77.4 Å². The number of nitrogens with two attached hydrogens (primary N) is 1. The van der Waals surface area contributed by atoms with Crippen LogP contribution in [0, 0.1) is 0 Å². The standard InChI is InChI=1S/C29H34N2O4/c1-29(2,3)23-8-5-20(6-9-23)21-7-11-25-22(17-21)13-14-31(28(25)32)24-10-12-27(26(30)18-24)35-19-34-16-15-33-4/h5-12,17-18H,13-16,19,30H2,1-4H3. The number of rotatable bonds is 8. The van der Waals surface area contributed by atoms with Crippen LogP contribution in [0.2, 0.25) is 0 Å². The number of ether oxygens (including phenoxy) is 3. The van der Waals surface area contributed by atoms with Gasteiger partial charge in [0.25, 0.3) is 5.91 Å². The molecule has 1 amide bonds. The van der Waals surface area contributed by atoms with Crippen molar-refractivity contribution in [3.8, 4) is 16.9 Å². The Morgan fingerprint density at radius 3 is 2.37 bits per heavy atom. The van der Waals surface area contributed by atoms with E-state index < -0.39 is 0 Å². The molecule has 4 rings (SSSR count). The SMILES string of the molecule is COCCOCOc1ccc(N2CCc3cc(-c4ccc(C(C)(C)C)cc4)ccc3C2=O)cc1N. The van der Waals surface area contributed by atoms with Crippen LogP contribution in [0.4, 0.5) is 11.4 Å². The Labute approximate surface area is 207 Å². The van der Waals surface area contributed by atoms with Gasteiger partial charge in [-0.25, -0.2) is 0 Å². The lowest BCUT2D eigenvalue weighted by Crippen LogP contribution is -2.37. The van der Waals surface area contributed by atoms with E-state index in [4.69, 9.17) is 19.9 Å². The van der Waals surface area contributed by atoms with Crippen molar-refractivity contribution in [2.45, 2.75) is 32.6 Å². The Bertz CT molecular complexity index is 1180. The van der Waals surface area contributed by atoms with Crippen molar-refractivity contribution in [1.29, 1.82) is 0 Å². The summed E-state index contributed by atoms with van der Waals surface area (Å²) in [5, 5.41) is 0. The number of carbonyl (C=O) groups is 1. The number of nitrogens with zero attached hydrogens (tertiary/aromatic N) is 1. The molecule has 0 saturated carbocycles. The number of nitrogen functional groups attached to an aromatic ring is 1. The first-order valence-corrected chi connectivity index (χ1v) is 11.9. The molecule has 184 valence electrons. The van der Waals surface area contributed by atoms with Gasteiger partial charge < -0.3 is 24.8 Å². The summed E-state index contributed by atoms with van der Waals surface area (Å²) >= 11 is 0. The Morgan fingerprint density at radius 2 is 1.69 bits per heavy atom. The molecule has 0 saturated heterocycles. The van der Waals surface area contributed by atoms with E-state index in [-0.39, 0.29) is 18.1 Å². The van der Waals surface area contributed by atoms with E-state index >= 15 is 0 Å². The first-order chi connectivity index (χ1) is 16.8. The average Bonchev–Trinajstić information content (AvgIpc) is 2.84. The summed E-state index contributed by atoms with van der Waals surface area (Å²) in [7, 11) is 1.62. The molecule has 1 aliphatic rings. The molecular weight excluding hydrogens is 440 g/mol. The maximum absolute atomic E-state index is 13.3. The van der Waals surface area contributed by atoms with Crippen LogP contribution in [-0.2, 0) is 21.3 Å². The van der Waals surface area contributed by atoms with Crippen LogP contribution in [0.1, 0.15) is 42.3 Å². The zero-order chi connectivity index (χ0) is 25.0. The second-order valence-electron chi connectivity index (χ2n) is 9.79. The Balaban J connectivity index is 1.47. The average molecular weight is 475 g/mol. The monoisotopic (exact) mass is 474 g/mol. The van der Waals surface area contributed by atoms with Crippen LogP contribution in [0.25, 0.3) is 11.1 Å². The molecule has 0 atom stereocenters. The minimum atomic E-state index is -0.0168. The zero-order valence-electron chi connectivity index (χ0n) is 21.0. The second-order valence-corrected chi connectivity index (χ2v) is 9.79. The highest BCUT2D eigenvalue weighted by Crippen LogP contribution is 2.33. The van der Waals surface area contributed by atoms with E-state index in [9.17, 15) is 4.79 Å². The Morgan fingerprint density at radius 1 is 0.943 bits per heavy atom. The highest BCUT2D eigenvalue weighted by molar-refractivity contribution is 6.08. The maximum Gasteiger partial charge on any atom is 0.258 e. The molecule has 1 aliphatic heterocycles. The van der Waals surface area contributed by atoms with Gasteiger partial charge in [-0.05, 0) is 58.4 Å². The minimum absolute atomic E-state index is 0.0168. The topological polar surface area (TPSA) is 74.0 Å². The number of hydrogen-bond donors (Lipinski definition) is 1. The lowest BCUT2D eigenvalue weighted by atomic mass is 9.86. The Hall–Kier alpha value is -3.35. The number of anilines is 2. The zero-order valence-corrected chi connectivity index (χ0v) is 21.0. The van der Waals surface area contributed by atoms with Gasteiger partial charge in [-0.15, -0.1) is 0 Å². The van der Waals surface area contributed by atoms with Crippen molar-refractivity contribution in [3.63, 3.8) is 0 Å². The molecule has 6 nitrogen and oxygen atoms in total. The van der Waals surface area contributed by atoms with Crippen molar-refractivity contribution >= 4 is 17.3 Å². The molecule has 35 heavy (non-hydrogen) atoms. The van der Waals surface area contributed by atoms with Gasteiger partial charge in [0, 0.05) is 24.9 Å². The van der Waals surface area contributed by atoms with Gasteiger partial charge in [0.1, 0.15) is 5.75 Å². The van der Waals surface area contributed by atoms with E-state index in [1.54, 1.807) is 24.1 Å². The van der Waals surface area contributed by atoms with Crippen LogP contribution in [0.5, 0.6) is 5.75 Å². The van der Waals surface area contributed by atoms with Gasteiger partial charge in [-0.3, -0.25) is 4.79 Å². The molecule has 1 heterocycles. The molecule has 0 spiro atoms. The summed E-state index contributed by atoms with van der Waals surface area (Å²) in [6.45, 7) is 8.27. The van der Waals surface area contributed by atoms with E-state index in [2.05, 4.69) is 51.1 Å². The molecule has 0 unspecified atom stereocenters. The van der Waals surface area contributed by atoms with Gasteiger partial charge in [-0.1, -0.05) is 57.2 Å². The number of amides is 1. The van der Waals surface area contributed by atoms with Gasteiger partial charge in [0.05, 0.1) is 18.9 Å². The third-order valence-electron chi connectivity index (χ3n) is 6.30. The van der Waals surface area contributed by atoms with Crippen LogP contribution in [0.3, 0.4) is 0 Å². The number of methoxy groups -OCH3 is 1. The van der Waals surface area contributed by atoms with Crippen LogP contribution >= 0.6 is 0 Å². The lowest BCUT2D eigenvalue weighted by Gasteiger charge is -2.29. The summed E-state index contributed by atoms with van der Waals surface area (Å²) in [5.74, 6) is 0.509. The number of fused-ring (bicyclic) bond motifs is 1. The Kier molecular flexibility index (Phi) is 7.43. The maximum atomic E-state index is 13.3. The normalized spacial score (nSPS) is 13.6. The molecule has 3 aromatic rings. The van der Waals surface area contributed by atoms with Gasteiger partial charge in [-0.2, -0.15) is 0 Å². The fourth-order valence-corrected chi connectivity index (χ4v) is 4.22. The molecule has 0 radical (unpaired) electrons. The lowest BCUT2D eigenvalue weighted by molar-refractivity contribution is -0.00813. The second kappa shape index (κ2) is 10.5. The predicted molar refractivity (Wildman–Crippen MR) is 140 cm³/mol. The summed E-state index contributed by atoms with van der Waals surface area (Å²) in [6.07, 6.45) is 0.778. The third-order valence-corrected chi connectivity index (χ3v) is 6.30. The molecule has 0 bridgehead atoms. The van der Waals surface area contributed by atoms with E-state index in [1.807, 2.05) is 18.2 Å². The highest BCUT2D eigenvalue weighted by Gasteiger charge is 2.26. The van der Waals surface area contributed by atoms with Crippen molar-refractivity contribution in [1.82, 2.24) is 0 Å². The number of benzene rings is 3. The van der Waals surface area contributed by atoms with Crippen molar-refractivity contribution in [2.24, 2.45) is 0 Å². The first-order valence-electron chi connectivity index (χ1n) is 11.9. The van der Waals surface area contributed by atoms with Gasteiger partial charge in [0.15, 0.2) is 6.79 Å². The summed E-state index contributed by atoms with van der Waals surface area (Å²) in [4.78, 5) is 15.1. The third kappa shape index (κ3) is 5.66. The first kappa shape index (κ1) is 24.8. The van der Waals surface area contributed by atoms with Gasteiger partial charge >= 0.3 is 0 Å². The summed E-state index contributed by atoms with van der Waals surface area (Å²) < 4.78 is 15.9. The number of hydrogen-bond acceptors (Lipinski definition) is 5. The molecule has 0 aliphatic carbocycles. The molecule has 0 fully saturated rings. The van der Waals surface area contributed by atoms with E-state index in [0.29, 0.717) is 31.2 Å². The predicted octanol–water partition coefficient (Wildman–Crippen LogP) is 5.44. The molecule has 6 heteroatoms. The smallest absolute Gasteiger partial charge is 0.258 e.